The predicted molar refractivity (Wildman–Crippen MR) is 116 cm³/mol. The van der Waals surface area contributed by atoms with Gasteiger partial charge in [0, 0.05) is 43.2 Å². The lowest BCUT2D eigenvalue weighted by molar-refractivity contribution is 0.158. The molecule has 3 rings (SSSR count). The highest BCUT2D eigenvalue weighted by Crippen LogP contribution is 2.30. The van der Waals surface area contributed by atoms with E-state index < -0.39 is 0 Å². The van der Waals surface area contributed by atoms with Crippen molar-refractivity contribution >= 4 is 39.6 Å². The number of nitriles is 1. The fourth-order valence-corrected chi connectivity index (χ4v) is 3.41. The van der Waals surface area contributed by atoms with Crippen LogP contribution >= 0.6 is 11.6 Å². The lowest BCUT2D eigenvalue weighted by Crippen LogP contribution is -2.36. The van der Waals surface area contributed by atoms with Crippen LogP contribution in [-0.2, 0) is 11.8 Å². The van der Waals surface area contributed by atoms with Gasteiger partial charge in [0.1, 0.15) is 16.8 Å². The second-order valence-electron chi connectivity index (χ2n) is 7.39. The van der Waals surface area contributed by atoms with E-state index in [-0.39, 0.29) is 21.8 Å². The highest BCUT2D eigenvalue weighted by atomic mass is 35.5. The zero-order valence-corrected chi connectivity index (χ0v) is 17.5. The predicted octanol–water partition coefficient (Wildman–Crippen LogP) is 4.04. The Kier molecular flexibility index (Phi) is 5.78. The molecule has 0 saturated heterocycles. The van der Waals surface area contributed by atoms with Crippen LogP contribution < -0.4 is 16.2 Å². The number of fused-ring (bicyclic) bond motifs is 1. The fraction of sp³-hybridized carbons (Fsp3) is 0.286. The summed E-state index contributed by atoms with van der Waals surface area (Å²) in [5.41, 5.74) is 2.60. The molecule has 0 fully saturated rings. The highest BCUT2D eigenvalue weighted by Gasteiger charge is 2.19. The van der Waals surface area contributed by atoms with Crippen LogP contribution in [0.2, 0.25) is 5.15 Å². The molecule has 2 aromatic heterocycles. The molecule has 0 aliphatic rings. The molecule has 1 aromatic carbocycles. The van der Waals surface area contributed by atoms with Crippen LogP contribution in [0.25, 0.3) is 10.9 Å². The van der Waals surface area contributed by atoms with Gasteiger partial charge in [-0.25, -0.2) is 4.98 Å². The molecule has 0 spiro atoms. The molecule has 0 unspecified atom stereocenters. The molecule has 150 valence electrons. The molecule has 3 aromatic rings. The van der Waals surface area contributed by atoms with Crippen molar-refractivity contribution in [3.05, 3.63) is 57.6 Å². The van der Waals surface area contributed by atoms with Gasteiger partial charge in [0.2, 0.25) is 0 Å². The second kappa shape index (κ2) is 8.11. The van der Waals surface area contributed by atoms with Crippen LogP contribution in [0.3, 0.4) is 0 Å². The third kappa shape index (κ3) is 4.34. The van der Waals surface area contributed by atoms with Gasteiger partial charge in [0.25, 0.3) is 5.56 Å². The maximum absolute atomic E-state index is 12.4. The summed E-state index contributed by atoms with van der Waals surface area (Å²) >= 11 is 6.02. The second-order valence-corrected chi connectivity index (χ2v) is 7.75. The number of halogens is 1. The number of ether oxygens (including phenoxy) is 1. The molecule has 0 aliphatic heterocycles. The van der Waals surface area contributed by atoms with E-state index in [1.54, 1.807) is 30.9 Å². The topological polar surface area (TPSA) is 92.0 Å². The van der Waals surface area contributed by atoms with Gasteiger partial charge in [0.05, 0.1) is 23.3 Å². The lowest BCUT2D eigenvalue weighted by atomic mass is 10.0. The van der Waals surface area contributed by atoms with Gasteiger partial charge in [-0.1, -0.05) is 11.6 Å². The first-order valence-electron chi connectivity index (χ1n) is 8.98. The first kappa shape index (κ1) is 20.6. The highest BCUT2D eigenvalue weighted by molar-refractivity contribution is 6.31. The average Bonchev–Trinajstić information content (AvgIpc) is 2.66. The Morgan fingerprint density at radius 1 is 1.28 bits per heavy atom. The van der Waals surface area contributed by atoms with Crippen LogP contribution in [0.15, 0.2) is 41.3 Å². The van der Waals surface area contributed by atoms with E-state index in [0.29, 0.717) is 18.0 Å². The van der Waals surface area contributed by atoms with Gasteiger partial charge in [-0.3, -0.25) is 4.79 Å². The van der Waals surface area contributed by atoms with Crippen LogP contribution in [0.1, 0.15) is 19.4 Å². The summed E-state index contributed by atoms with van der Waals surface area (Å²) in [6, 6.07) is 11.0. The number of nitrogens with one attached hydrogen (secondary N) is 2. The normalized spacial score (nSPS) is 11.3. The Hall–Kier alpha value is -3.08. The molecule has 2 N–H and O–H groups in total. The number of rotatable bonds is 6. The zero-order valence-electron chi connectivity index (χ0n) is 16.7. The van der Waals surface area contributed by atoms with Crippen LogP contribution in [-0.4, -0.2) is 28.8 Å². The number of hydrogen-bond donors (Lipinski definition) is 2. The first-order valence-corrected chi connectivity index (χ1v) is 9.36. The largest absolute Gasteiger partial charge is 0.382 e. The number of hydrogen-bond acceptors (Lipinski definition) is 6. The van der Waals surface area contributed by atoms with Gasteiger partial charge < -0.3 is 19.9 Å². The van der Waals surface area contributed by atoms with Crippen molar-refractivity contribution < 1.29 is 4.74 Å². The molecule has 0 atom stereocenters. The Labute approximate surface area is 173 Å². The maximum atomic E-state index is 12.4. The van der Waals surface area contributed by atoms with Gasteiger partial charge in [-0.15, -0.1) is 0 Å². The minimum atomic E-state index is -0.371. The summed E-state index contributed by atoms with van der Waals surface area (Å²) in [5.74, 6) is 0. The van der Waals surface area contributed by atoms with E-state index in [1.165, 1.54) is 6.20 Å². The van der Waals surface area contributed by atoms with E-state index in [9.17, 15) is 10.1 Å². The van der Waals surface area contributed by atoms with Crippen LogP contribution in [0, 0.1) is 11.3 Å². The number of nitrogens with zero attached hydrogens (tertiary/aromatic N) is 3. The minimum absolute atomic E-state index is 0.110. The SMILES string of the molecule is COCC(C)(C)Nc1cc(=O)n(C)c2ccc(Nc3ccnc(Cl)c3C#N)cc12. The minimum Gasteiger partial charge on any atom is -0.382 e. The van der Waals surface area contributed by atoms with Crippen molar-refractivity contribution in [2.45, 2.75) is 19.4 Å². The molecular weight excluding hydrogens is 390 g/mol. The van der Waals surface area contributed by atoms with Gasteiger partial charge in [-0.2, -0.15) is 5.26 Å². The number of methoxy groups -OCH3 is 1. The molecule has 0 amide bonds. The van der Waals surface area contributed by atoms with Crippen molar-refractivity contribution in [1.29, 1.82) is 5.26 Å². The standard InChI is InChI=1S/C21H22ClN5O2/c1-21(2,12-29-4)26-17-10-19(28)27(3)18-6-5-13(9-14(17)18)25-16-7-8-24-20(22)15(16)11-23/h5-10,26H,12H2,1-4H3,(H,24,25). The third-order valence-electron chi connectivity index (χ3n) is 4.52. The van der Waals surface area contributed by atoms with Crippen molar-refractivity contribution in [3.8, 4) is 6.07 Å². The van der Waals surface area contributed by atoms with E-state index >= 15 is 0 Å². The number of benzene rings is 1. The third-order valence-corrected chi connectivity index (χ3v) is 4.81. The first-order chi connectivity index (χ1) is 13.8. The molecule has 2 heterocycles. The number of aryl methyl sites for hydroxylation is 1. The summed E-state index contributed by atoms with van der Waals surface area (Å²) in [4.78, 5) is 16.4. The van der Waals surface area contributed by atoms with Crippen molar-refractivity contribution in [3.63, 3.8) is 0 Å². The Balaban J connectivity index is 2.10. The molecular formula is C21H22ClN5O2. The molecule has 0 aliphatic carbocycles. The number of anilines is 3. The van der Waals surface area contributed by atoms with Crippen LogP contribution in [0.4, 0.5) is 17.1 Å². The summed E-state index contributed by atoms with van der Waals surface area (Å²) in [5, 5.41) is 17.0. The Bertz CT molecular complexity index is 1160. The van der Waals surface area contributed by atoms with E-state index in [0.717, 1.165) is 16.6 Å². The van der Waals surface area contributed by atoms with Gasteiger partial charge in [0.15, 0.2) is 0 Å². The van der Waals surface area contributed by atoms with Crippen molar-refractivity contribution in [1.82, 2.24) is 9.55 Å². The molecule has 0 bridgehead atoms. The van der Waals surface area contributed by atoms with Crippen molar-refractivity contribution in [2.24, 2.45) is 7.05 Å². The molecule has 8 heteroatoms. The monoisotopic (exact) mass is 411 g/mol. The summed E-state index contributed by atoms with van der Waals surface area (Å²) in [6.07, 6.45) is 1.54. The molecule has 0 radical (unpaired) electrons. The lowest BCUT2D eigenvalue weighted by Gasteiger charge is -2.27. The molecule has 29 heavy (non-hydrogen) atoms. The van der Waals surface area contributed by atoms with Crippen LogP contribution in [0.5, 0.6) is 0 Å². The van der Waals surface area contributed by atoms with Crippen molar-refractivity contribution in [2.75, 3.05) is 24.4 Å². The molecule has 0 saturated carbocycles. The fourth-order valence-electron chi connectivity index (χ4n) is 3.21. The average molecular weight is 412 g/mol. The summed E-state index contributed by atoms with van der Waals surface area (Å²) in [7, 11) is 3.37. The Morgan fingerprint density at radius 3 is 2.72 bits per heavy atom. The number of pyridine rings is 2. The Morgan fingerprint density at radius 2 is 2.03 bits per heavy atom. The molecule has 7 nitrogen and oxygen atoms in total. The zero-order chi connectivity index (χ0) is 21.2. The summed E-state index contributed by atoms with van der Waals surface area (Å²) in [6.45, 7) is 4.48. The van der Waals surface area contributed by atoms with Gasteiger partial charge >= 0.3 is 0 Å². The quantitative estimate of drug-likeness (QED) is 0.595. The smallest absolute Gasteiger partial charge is 0.252 e. The maximum Gasteiger partial charge on any atom is 0.252 e. The summed E-state index contributed by atoms with van der Waals surface area (Å²) < 4.78 is 6.87. The van der Waals surface area contributed by atoms with Gasteiger partial charge in [-0.05, 0) is 38.1 Å². The number of aromatic nitrogens is 2. The van der Waals surface area contributed by atoms with E-state index in [4.69, 9.17) is 16.3 Å². The van der Waals surface area contributed by atoms with E-state index in [1.807, 2.05) is 32.0 Å². The van der Waals surface area contributed by atoms with E-state index in [2.05, 4.69) is 21.7 Å².